The molecule has 0 aromatic heterocycles. The quantitative estimate of drug-likeness (QED) is 0.203. The van der Waals surface area contributed by atoms with E-state index < -0.39 is 73.2 Å². The topological polar surface area (TPSA) is 692 Å². The average Bonchev–Trinajstić information content (AvgIpc) is 2.47. The van der Waals surface area contributed by atoms with E-state index in [4.69, 9.17) is 151 Å². The van der Waals surface area contributed by atoms with Gasteiger partial charge in [-0.15, -0.1) is 0 Å². The van der Waals surface area contributed by atoms with Crippen LogP contribution in [0.2, 0.25) is 0 Å². The molecule has 0 amide bonds. The van der Waals surface area contributed by atoms with Crippen molar-refractivity contribution in [3.63, 3.8) is 0 Å². The largest absolute Gasteiger partial charge is 2.00 e. The molecule has 0 atom stereocenters. The van der Waals surface area contributed by atoms with E-state index in [-0.39, 0.29) is 292 Å². The summed E-state index contributed by atoms with van der Waals surface area (Å²) in [5.74, 6) is 0. The molecule has 0 saturated heterocycles. The Kier molecular flexibility index (Phi) is 484. The summed E-state index contributed by atoms with van der Waals surface area (Å²) in [6.45, 7) is 0. The van der Waals surface area contributed by atoms with Gasteiger partial charge in [-0.05, 0) is 0 Å². The van der Waals surface area contributed by atoms with Crippen molar-refractivity contribution in [2.45, 2.75) is 0 Å². The van der Waals surface area contributed by atoms with Crippen molar-refractivity contribution in [2.24, 2.45) is 0 Å². The summed E-state index contributed by atoms with van der Waals surface area (Å²) in [6.07, 6.45) is 0. The minimum absolute atomic E-state index is 0. The summed E-state index contributed by atoms with van der Waals surface area (Å²) in [7, 11) is -29.2. The van der Waals surface area contributed by atoms with Crippen LogP contribution in [0.25, 0.3) is 0 Å². The second kappa shape index (κ2) is 159. The van der Waals surface area contributed by atoms with Gasteiger partial charge < -0.3 is 151 Å². The molecule has 0 aliphatic rings. The van der Waals surface area contributed by atoms with Gasteiger partial charge in [0.2, 0.25) is 0 Å². The smallest absolute Gasteiger partial charge is 0.907 e. The average molecular weight is 1570 g/mol. The molecule has 0 aliphatic heterocycles. The molecule has 0 rings (SSSR count). The molecule has 0 heterocycles. The first kappa shape index (κ1) is 167. The van der Waals surface area contributed by atoms with E-state index in [9.17, 15) is 0 Å². The third-order valence-electron chi connectivity index (χ3n) is 0. The summed E-state index contributed by atoms with van der Waals surface area (Å²) in [5, 5.41) is 252. The van der Waals surface area contributed by atoms with E-state index in [1.165, 1.54) is 0 Å². The molecular formula is B10O30Zn15. The van der Waals surface area contributed by atoms with Crippen LogP contribution in [0, 0.1) is 0 Å². The predicted octanol–water partition coefficient (Wildman–Crippen LogP) is -39.5. The molecule has 0 aliphatic carbocycles. The van der Waals surface area contributed by atoms with Crippen molar-refractivity contribution in [3.05, 3.63) is 0 Å². The maximum absolute atomic E-state index is 8.42. The molecule has 30 nitrogen and oxygen atoms in total. The van der Waals surface area contributed by atoms with Crippen molar-refractivity contribution < 1.29 is 443 Å². The first-order valence-electron chi connectivity index (χ1n) is 7.07. The fourth-order valence-corrected chi connectivity index (χ4v) is 0. The molecule has 0 spiro atoms. The third-order valence-corrected chi connectivity index (χ3v) is 0. The minimum atomic E-state index is -2.92. The number of rotatable bonds is 0. The van der Waals surface area contributed by atoms with Gasteiger partial charge in [0.1, 0.15) is 0 Å². The van der Waals surface area contributed by atoms with Gasteiger partial charge in [0, 0.05) is 0 Å². The van der Waals surface area contributed by atoms with Crippen LogP contribution in [0.4, 0.5) is 0 Å². The zero-order valence-corrected chi connectivity index (χ0v) is 73.1. The molecule has 240 valence electrons. The van der Waals surface area contributed by atoms with Crippen LogP contribution in [0.5, 0.6) is 0 Å². The van der Waals surface area contributed by atoms with Crippen molar-refractivity contribution in [1.82, 2.24) is 0 Å². The summed E-state index contributed by atoms with van der Waals surface area (Å²) in [4.78, 5) is 0. The first-order valence-corrected chi connectivity index (χ1v) is 7.07. The van der Waals surface area contributed by atoms with E-state index in [1.54, 1.807) is 0 Å². The van der Waals surface area contributed by atoms with Gasteiger partial charge in [0.25, 0.3) is 0 Å². The van der Waals surface area contributed by atoms with E-state index in [2.05, 4.69) is 0 Å². The molecule has 55 heavy (non-hydrogen) atoms. The molecule has 0 radical (unpaired) electrons. The second-order valence-corrected chi connectivity index (χ2v) is 2.89. The molecule has 0 bridgehead atoms. The van der Waals surface area contributed by atoms with Gasteiger partial charge in [-0.3, -0.25) is 73.2 Å². The Hall–Kier alpha value is 8.80. The van der Waals surface area contributed by atoms with Crippen LogP contribution >= 0.6 is 0 Å². The van der Waals surface area contributed by atoms with Gasteiger partial charge >= 0.3 is 292 Å². The number of hydrogen-bond acceptors (Lipinski definition) is 30. The Morgan fingerprint density at radius 1 is 0.0909 bits per heavy atom. The second-order valence-electron chi connectivity index (χ2n) is 2.89. The van der Waals surface area contributed by atoms with Crippen LogP contribution < -0.4 is 151 Å². The maximum Gasteiger partial charge on any atom is 2.00 e. The Bertz CT molecular complexity index is 226. The SMILES string of the molecule is [O-]B([O-])[O-].[O-]B([O-])[O-].[O-]B([O-])[O-].[O-]B([O-])[O-].[O-]B([O-])[O-].[O-]B([O-])[O-].[O-]B([O-])[O-].[O-]B([O-])[O-].[O-]B([O-])[O-].[O-]B([O-])[O-].[Zn+2].[Zn+2].[Zn+2].[Zn+2].[Zn+2].[Zn+2].[Zn+2].[Zn+2].[Zn+2].[Zn+2].[Zn+2].[Zn+2].[Zn+2].[Zn+2].[Zn+2]. The minimum Gasteiger partial charge on any atom is -0.907 e. The van der Waals surface area contributed by atoms with Crippen molar-refractivity contribution >= 4 is 73.2 Å². The van der Waals surface area contributed by atoms with Crippen molar-refractivity contribution in [3.8, 4) is 0 Å². The zero-order valence-electron chi connectivity index (χ0n) is 28.6. The zero-order chi connectivity index (χ0) is 35.8. The van der Waals surface area contributed by atoms with Crippen LogP contribution in [0.3, 0.4) is 0 Å². The van der Waals surface area contributed by atoms with E-state index in [0.717, 1.165) is 0 Å². The Morgan fingerprint density at radius 2 is 0.0909 bits per heavy atom. The fraction of sp³-hybridized carbons (Fsp3) is 0. The third kappa shape index (κ3) is 3000. The fourth-order valence-electron chi connectivity index (χ4n) is 0. The van der Waals surface area contributed by atoms with Crippen LogP contribution in [0.15, 0.2) is 0 Å². The molecule has 0 aromatic carbocycles. The molecule has 0 saturated carbocycles. The van der Waals surface area contributed by atoms with Crippen LogP contribution in [0.1, 0.15) is 0 Å². The molecule has 0 aromatic rings. The summed E-state index contributed by atoms with van der Waals surface area (Å²) >= 11 is 0. The Morgan fingerprint density at radius 3 is 0.0909 bits per heavy atom. The predicted molar refractivity (Wildman–Crippen MR) is 57.5 cm³/mol. The van der Waals surface area contributed by atoms with Crippen LogP contribution in [-0.4, -0.2) is 73.2 Å². The van der Waals surface area contributed by atoms with Gasteiger partial charge in [-0.1, -0.05) is 0 Å². The monoisotopic (exact) mass is 1550 g/mol. The Balaban J connectivity index is -0.00000000767. The molecule has 0 fully saturated rings. The summed E-state index contributed by atoms with van der Waals surface area (Å²) in [5.41, 5.74) is 0. The van der Waals surface area contributed by atoms with Gasteiger partial charge in [-0.2, -0.15) is 0 Å². The first-order chi connectivity index (χ1) is 17.3. The van der Waals surface area contributed by atoms with E-state index in [1.807, 2.05) is 0 Å². The standard InChI is InChI=1S/10BO3.15Zn/c10*2-1(3)4;;;;;;;;;;;;;;;/q10*-3;15*+2. The Labute approximate surface area is 508 Å². The van der Waals surface area contributed by atoms with E-state index in [0.29, 0.717) is 0 Å². The normalized spacial score (nSPS) is 4.91. The molecule has 55 heteroatoms. The summed E-state index contributed by atoms with van der Waals surface area (Å²) in [6, 6.07) is 0. The summed E-state index contributed by atoms with van der Waals surface area (Å²) < 4.78 is 0. The van der Waals surface area contributed by atoms with Crippen molar-refractivity contribution in [1.29, 1.82) is 0 Å². The van der Waals surface area contributed by atoms with Gasteiger partial charge in [0.05, 0.1) is 0 Å². The van der Waals surface area contributed by atoms with Crippen LogP contribution in [-0.2, 0) is 292 Å². The number of hydrogen-bond donors (Lipinski definition) is 0. The molecule has 0 N–H and O–H groups in total. The van der Waals surface area contributed by atoms with Gasteiger partial charge in [-0.25, -0.2) is 0 Å². The van der Waals surface area contributed by atoms with Crippen molar-refractivity contribution in [2.75, 3.05) is 0 Å². The molecular weight excluding hydrogens is 1570 g/mol. The molecule has 0 unspecified atom stereocenters. The van der Waals surface area contributed by atoms with E-state index >= 15 is 0 Å². The van der Waals surface area contributed by atoms with Gasteiger partial charge in [0.15, 0.2) is 0 Å². The maximum atomic E-state index is 8.42.